The molecule has 1 saturated heterocycles. The number of nitrogens with zero attached hydrogens (tertiary/aromatic N) is 3. The van der Waals surface area contributed by atoms with E-state index in [9.17, 15) is 5.11 Å². The van der Waals surface area contributed by atoms with E-state index >= 15 is 0 Å². The largest absolute Gasteiger partial charge is 0.390 e. The summed E-state index contributed by atoms with van der Waals surface area (Å²) in [6, 6.07) is 0. The minimum atomic E-state index is -0.253. The molecule has 5 heteroatoms. The van der Waals surface area contributed by atoms with Gasteiger partial charge in [-0.05, 0) is 44.5 Å². The number of aliphatic hydroxyl groups is 1. The smallest absolute Gasteiger partial charge is 0.0791 e. The van der Waals surface area contributed by atoms with Gasteiger partial charge in [-0.1, -0.05) is 0 Å². The van der Waals surface area contributed by atoms with E-state index in [-0.39, 0.29) is 6.10 Å². The van der Waals surface area contributed by atoms with Crippen molar-refractivity contribution in [3.8, 4) is 0 Å². The lowest BCUT2D eigenvalue weighted by Gasteiger charge is -2.19. The number of rotatable bonds is 7. The van der Waals surface area contributed by atoms with Gasteiger partial charge in [-0.3, -0.25) is 4.68 Å². The first-order chi connectivity index (χ1) is 8.74. The van der Waals surface area contributed by atoms with Gasteiger partial charge >= 0.3 is 0 Å². The average Bonchev–Trinajstić information content (AvgIpc) is 2.96. The number of aliphatic hydroxyl groups excluding tert-OH is 1. The van der Waals surface area contributed by atoms with E-state index < -0.39 is 0 Å². The Morgan fingerprint density at radius 2 is 2.22 bits per heavy atom. The zero-order valence-electron chi connectivity index (χ0n) is 11.2. The summed E-state index contributed by atoms with van der Waals surface area (Å²) in [7, 11) is 1.93. The number of hydrogen-bond acceptors (Lipinski definition) is 4. The van der Waals surface area contributed by atoms with E-state index in [1.54, 1.807) is 0 Å². The van der Waals surface area contributed by atoms with Crippen molar-refractivity contribution in [3.05, 3.63) is 18.0 Å². The molecule has 18 heavy (non-hydrogen) atoms. The average molecular weight is 252 g/mol. The zero-order chi connectivity index (χ0) is 12.8. The third-order valence-electron chi connectivity index (χ3n) is 3.40. The molecule has 5 nitrogen and oxygen atoms in total. The first-order valence-corrected chi connectivity index (χ1v) is 6.83. The Morgan fingerprint density at radius 1 is 1.44 bits per heavy atom. The maximum Gasteiger partial charge on any atom is 0.0791 e. The van der Waals surface area contributed by atoms with E-state index in [1.165, 1.54) is 18.4 Å². The Hall–Kier alpha value is -0.910. The zero-order valence-corrected chi connectivity index (χ0v) is 11.2. The van der Waals surface area contributed by atoms with Crippen LogP contribution in [0.5, 0.6) is 0 Å². The highest BCUT2D eigenvalue weighted by Gasteiger charge is 2.15. The van der Waals surface area contributed by atoms with E-state index in [0.717, 1.165) is 32.6 Å². The molecule has 2 rings (SSSR count). The first kappa shape index (κ1) is 13.5. The third kappa shape index (κ3) is 4.40. The van der Waals surface area contributed by atoms with Gasteiger partial charge in [0.05, 0.1) is 12.3 Å². The van der Waals surface area contributed by atoms with Gasteiger partial charge in [0.1, 0.15) is 0 Å². The van der Waals surface area contributed by atoms with E-state index in [1.807, 2.05) is 24.1 Å². The fourth-order valence-electron chi connectivity index (χ4n) is 2.43. The second-order valence-corrected chi connectivity index (χ2v) is 5.14. The summed E-state index contributed by atoms with van der Waals surface area (Å²) in [4.78, 5) is 2.34. The van der Waals surface area contributed by atoms with Crippen molar-refractivity contribution in [2.75, 3.05) is 32.7 Å². The molecule has 0 saturated carbocycles. The van der Waals surface area contributed by atoms with E-state index in [0.29, 0.717) is 6.54 Å². The van der Waals surface area contributed by atoms with E-state index in [4.69, 9.17) is 0 Å². The SMILES string of the molecule is Cn1cc(CCNCC(O)CN2CCCC2)cn1. The third-order valence-corrected chi connectivity index (χ3v) is 3.40. The van der Waals surface area contributed by atoms with Gasteiger partial charge < -0.3 is 15.3 Å². The molecule has 2 N–H and O–H groups in total. The lowest BCUT2D eigenvalue weighted by Crippen LogP contribution is -2.37. The molecule has 1 aliphatic rings. The van der Waals surface area contributed by atoms with Crippen LogP contribution in [-0.2, 0) is 13.5 Å². The maximum atomic E-state index is 9.89. The molecule has 1 unspecified atom stereocenters. The van der Waals surface area contributed by atoms with Crippen LogP contribution in [0.15, 0.2) is 12.4 Å². The standard InChI is InChI=1S/C13H24N4O/c1-16-10-12(8-15-16)4-5-14-9-13(18)11-17-6-2-3-7-17/h8,10,13-14,18H,2-7,9,11H2,1H3. The molecule has 1 aromatic heterocycles. The van der Waals surface area contributed by atoms with Crippen molar-refractivity contribution in [1.29, 1.82) is 0 Å². The van der Waals surface area contributed by atoms with Gasteiger partial charge in [-0.25, -0.2) is 0 Å². The Bertz CT molecular complexity index is 347. The van der Waals surface area contributed by atoms with Crippen molar-refractivity contribution >= 4 is 0 Å². The molecule has 0 amide bonds. The first-order valence-electron chi connectivity index (χ1n) is 6.83. The Labute approximate surface area is 109 Å². The van der Waals surface area contributed by atoms with Gasteiger partial charge in [0.15, 0.2) is 0 Å². The quantitative estimate of drug-likeness (QED) is 0.671. The monoisotopic (exact) mass is 252 g/mol. The summed E-state index contributed by atoms with van der Waals surface area (Å²) >= 11 is 0. The van der Waals surface area contributed by atoms with Crippen LogP contribution in [-0.4, -0.2) is 58.6 Å². The number of aromatic nitrogens is 2. The Morgan fingerprint density at radius 3 is 2.89 bits per heavy atom. The predicted molar refractivity (Wildman–Crippen MR) is 71.5 cm³/mol. The summed E-state index contributed by atoms with van der Waals surface area (Å²) < 4.78 is 1.82. The molecular weight excluding hydrogens is 228 g/mol. The van der Waals surface area contributed by atoms with Crippen molar-refractivity contribution in [2.45, 2.75) is 25.4 Å². The van der Waals surface area contributed by atoms with Crippen LogP contribution in [0.25, 0.3) is 0 Å². The number of β-amino-alcohol motifs (C(OH)–C–C–N with tert-alkyl or cyclic N) is 1. The molecule has 2 heterocycles. The molecule has 1 atom stereocenters. The predicted octanol–water partition coefficient (Wildman–Crippen LogP) is 0.00890. The summed E-state index contributed by atoms with van der Waals surface area (Å²) in [5.74, 6) is 0. The van der Waals surface area contributed by atoms with E-state index in [2.05, 4.69) is 15.3 Å². The second kappa shape index (κ2) is 6.87. The van der Waals surface area contributed by atoms with Crippen molar-refractivity contribution in [1.82, 2.24) is 20.0 Å². The van der Waals surface area contributed by atoms with Crippen LogP contribution in [0.2, 0.25) is 0 Å². The van der Waals surface area contributed by atoms with Crippen LogP contribution in [0.3, 0.4) is 0 Å². The summed E-state index contributed by atoms with van der Waals surface area (Å²) in [6.45, 7) is 4.67. The highest BCUT2D eigenvalue weighted by molar-refractivity contribution is 5.03. The Kier molecular flexibility index (Phi) is 5.16. The van der Waals surface area contributed by atoms with Crippen LogP contribution < -0.4 is 5.32 Å². The molecule has 1 fully saturated rings. The highest BCUT2D eigenvalue weighted by Crippen LogP contribution is 2.07. The fraction of sp³-hybridized carbons (Fsp3) is 0.769. The van der Waals surface area contributed by atoms with Crippen LogP contribution >= 0.6 is 0 Å². The van der Waals surface area contributed by atoms with Crippen LogP contribution in [0.4, 0.5) is 0 Å². The normalized spacial score (nSPS) is 18.3. The van der Waals surface area contributed by atoms with Crippen molar-refractivity contribution in [2.24, 2.45) is 7.05 Å². The highest BCUT2D eigenvalue weighted by atomic mass is 16.3. The number of hydrogen-bond donors (Lipinski definition) is 2. The fourth-order valence-corrected chi connectivity index (χ4v) is 2.43. The topological polar surface area (TPSA) is 53.3 Å². The van der Waals surface area contributed by atoms with Crippen LogP contribution in [0, 0.1) is 0 Å². The van der Waals surface area contributed by atoms with Crippen molar-refractivity contribution < 1.29 is 5.11 Å². The maximum absolute atomic E-state index is 9.89. The molecule has 1 aliphatic heterocycles. The molecule has 0 spiro atoms. The van der Waals surface area contributed by atoms with Gasteiger partial charge in [-0.15, -0.1) is 0 Å². The second-order valence-electron chi connectivity index (χ2n) is 5.14. The number of nitrogens with one attached hydrogen (secondary N) is 1. The summed E-state index contributed by atoms with van der Waals surface area (Å²) in [5, 5.41) is 17.3. The van der Waals surface area contributed by atoms with Crippen molar-refractivity contribution in [3.63, 3.8) is 0 Å². The lowest BCUT2D eigenvalue weighted by molar-refractivity contribution is 0.124. The molecule has 102 valence electrons. The minimum absolute atomic E-state index is 0.253. The molecular formula is C13H24N4O. The molecule has 0 radical (unpaired) electrons. The lowest BCUT2D eigenvalue weighted by atomic mass is 10.2. The van der Waals surface area contributed by atoms with Gasteiger partial charge in [0.2, 0.25) is 0 Å². The molecule has 0 aromatic carbocycles. The van der Waals surface area contributed by atoms with Gasteiger partial charge in [0, 0.05) is 26.3 Å². The number of aryl methyl sites for hydroxylation is 1. The van der Waals surface area contributed by atoms with Gasteiger partial charge in [0.25, 0.3) is 0 Å². The van der Waals surface area contributed by atoms with Gasteiger partial charge in [-0.2, -0.15) is 5.10 Å². The summed E-state index contributed by atoms with van der Waals surface area (Å²) in [6.07, 6.45) is 7.19. The Balaban J connectivity index is 1.54. The molecule has 0 aliphatic carbocycles. The number of likely N-dealkylation sites (tertiary alicyclic amines) is 1. The minimum Gasteiger partial charge on any atom is -0.390 e. The summed E-state index contributed by atoms with van der Waals surface area (Å²) in [5.41, 5.74) is 1.24. The van der Waals surface area contributed by atoms with Crippen LogP contribution in [0.1, 0.15) is 18.4 Å². The molecule has 0 bridgehead atoms. The molecule has 1 aromatic rings.